The van der Waals surface area contributed by atoms with Gasteiger partial charge in [0.1, 0.15) is 6.26 Å². The van der Waals surface area contributed by atoms with Crippen LogP contribution in [-0.4, -0.2) is 42.2 Å². The number of nitrogens with zero attached hydrogens (tertiary/aromatic N) is 2. The van der Waals surface area contributed by atoms with Gasteiger partial charge >= 0.3 is 12.2 Å². The fourth-order valence-electron chi connectivity index (χ4n) is 1.97. The molecule has 0 aromatic carbocycles. The molecule has 1 atom stereocenters. The van der Waals surface area contributed by atoms with Crippen molar-refractivity contribution in [1.29, 1.82) is 0 Å². The summed E-state index contributed by atoms with van der Waals surface area (Å²) >= 11 is 1.40. The van der Waals surface area contributed by atoms with Gasteiger partial charge in [-0.15, -0.1) is 11.8 Å². The van der Waals surface area contributed by atoms with Crippen LogP contribution in [0.5, 0.6) is 0 Å². The van der Waals surface area contributed by atoms with E-state index in [9.17, 15) is 18.0 Å². The molecule has 22 heavy (non-hydrogen) atoms. The van der Waals surface area contributed by atoms with Crippen molar-refractivity contribution in [1.82, 2.24) is 4.98 Å². The minimum absolute atomic E-state index is 0.139. The molecule has 0 bridgehead atoms. The molecule has 1 amide bonds. The molecule has 1 fully saturated rings. The van der Waals surface area contributed by atoms with Crippen LogP contribution in [-0.2, 0) is 15.7 Å². The van der Waals surface area contributed by atoms with Crippen molar-refractivity contribution < 1.29 is 27.1 Å². The first-order valence-corrected chi connectivity index (χ1v) is 8.02. The van der Waals surface area contributed by atoms with Crippen LogP contribution in [0.1, 0.15) is 25.0 Å². The van der Waals surface area contributed by atoms with E-state index in [0.29, 0.717) is 12.0 Å². The number of thioether (sulfide) groups is 1. The van der Waals surface area contributed by atoms with Gasteiger partial charge in [0.25, 0.3) is 0 Å². The summed E-state index contributed by atoms with van der Waals surface area (Å²) in [5.74, 6) is 0.468. The number of carbonyl (C=O) groups excluding carboxylic acids is 1. The monoisotopic (exact) mass is 338 g/mol. The quantitative estimate of drug-likeness (QED) is 0.826. The molecule has 0 aliphatic carbocycles. The third-order valence-electron chi connectivity index (χ3n) is 3.25. The van der Waals surface area contributed by atoms with Crippen LogP contribution in [0.3, 0.4) is 0 Å². The van der Waals surface area contributed by atoms with Gasteiger partial charge in [0, 0.05) is 19.4 Å². The molecule has 1 saturated heterocycles. The highest BCUT2D eigenvalue weighted by atomic mass is 32.2. The van der Waals surface area contributed by atoms with Gasteiger partial charge in [0.05, 0.1) is 11.9 Å². The Kier molecular flexibility index (Phi) is 5.74. The van der Waals surface area contributed by atoms with E-state index in [1.807, 2.05) is 0 Å². The lowest BCUT2D eigenvalue weighted by atomic mass is 10.1. The maximum absolute atomic E-state index is 12.4. The Morgan fingerprint density at radius 3 is 2.86 bits per heavy atom. The molecule has 2 rings (SSSR count). The molecule has 0 spiro atoms. The topological polar surface area (TPSA) is 55.6 Å². The van der Waals surface area contributed by atoms with Crippen molar-refractivity contribution in [2.45, 2.75) is 31.5 Å². The molecule has 1 aliphatic rings. The molecule has 0 radical (unpaired) electrons. The van der Waals surface area contributed by atoms with E-state index >= 15 is 0 Å². The smallest absolute Gasteiger partial charge is 0.431 e. The lowest BCUT2D eigenvalue weighted by Crippen LogP contribution is -2.29. The highest BCUT2D eigenvalue weighted by Crippen LogP contribution is 2.30. The van der Waals surface area contributed by atoms with E-state index < -0.39 is 11.9 Å². The number of hydrogen-bond acceptors (Lipinski definition) is 5. The van der Waals surface area contributed by atoms with Crippen LogP contribution < -0.4 is 4.90 Å². The fraction of sp³-hybridized carbons (Fsp3) is 0.692. The second-order valence-corrected chi connectivity index (χ2v) is 6.00. The van der Waals surface area contributed by atoms with Gasteiger partial charge in [0.2, 0.25) is 5.91 Å². The van der Waals surface area contributed by atoms with Gasteiger partial charge < -0.3 is 9.15 Å². The van der Waals surface area contributed by atoms with E-state index in [2.05, 4.69) is 4.98 Å². The molecule has 1 aliphatic heterocycles. The Morgan fingerprint density at radius 2 is 2.27 bits per heavy atom. The first-order valence-electron chi connectivity index (χ1n) is 6.86. The summed E-state index contributed by atoms with van der Waals surface area (Å²) in [5, 5.41) is 0. The molecule has 0 N–H and O–H groups in total. The molecule has 1 aromatic heterocycles. The standard InChI is InChI=1S/C13H17F3N2O3S/c1-18(12-17-10(6-21-12)13(14,15)16)11(19)8-22-7-9-4-2-3-5-20-9/h6,9H,2-5,7-8H2,1H3. The van der Waals surface area contributed by atoms with Gasteiger partial charge in [-0.3, -0.25) is 9.69 Å². The minimum atomic E-state index is -4.58. The molecule has 1 aromatic rings. The Labute approximate surface area is 130 Å². The number of rotatable bonds is 5. The molecular weight excluding hydrogens is 321 g/mol. The zero-order valence-electron chi connectivity index (χ0n) is 12.1. The number of halogens is 3. The average molecular weight is 338 g/mol. The molecular formula is C13H17F3N2O3S. The van der Waals surface area contributed by atoms with E-state index in [-0.39, 0.29) is 23.8 Å². The minimum Gasteiger partial charge on any atom is -0.431 e. The number of hydrogen-bond donors (Lipinski definition) is 0. The molecule has 5 nitrogen and oxygen atoms in total. The highest BCUT2D eigenvalue weighted by molar-refractivity contribution is 8.00. The second kappa shape index (κ2) is 7.36. The van der Waals surface area contributed by atoms with E-state index in [1.165, 1.54) is 18.8 Å². The van der Waals surface area contributed by atoms with E-state index in [0.717, 1.165) is 30.8 Å². The largest absolute Gasteiger partial charge is 0.436 e. The maximum Gasteiger partial charge on any atom is 0.436 e. The fourth-order valence-corrected chi connectivity index (χ4v) is 2.98. The van der Waals surface area contributed by atoms with Gasteiger partial charge in [-0.25, -0.2) is 0 Å². The van der Waals surface area contributed by atoms with Crippen LogP contribution in [0, 0.1) is 0 Å². The Bertz CT molecular complexity index is 501. The van der Waals surface area contributed by atoms with Gasteiger partial charge in [-0.05, 0) is 19.3 Å². The van der Waals surface area contributed by atoms with Crippen molar-refractivity contribution >= 4 is 23.7 Å². The molecule has 124 valence electrons. The number of oxazole rings is 1. The van der Waals surface area contributed by atoms with Gasteiger partial charge in [0.15, 0.2) is 5.69 Å². The van der Waals surface area contributed by atoms with E-state index in [4.69, 9.17) is 9.15 Å². The average Bonchev–Trinajstić information content (AvgIpc) is 2.97. The Hall–Kier alpha value is -1.22. The highest BCUT2D eigenvalue weighted by Gasteiger charge is 2.35. The van der Waals surface area contributed by atoms with Gasteiger partial charge in [-0.1, -0.05) is 0 Å². The Balaban J connectivity index is 1.80. The molecule has 9 heteroatoms. The SMILES string of the molecule is CN(C(=O)CSCC1CCCCO1)c1nc(C(F)(F)F)co1. The molecule has 1 unspecified atom stereocenters. The number of carbonyl (C=O) groups is 1. The number of aromatic nitrogens is 1. The first kappa shape index (κ1) is 17.1. The third-order valence-corrected chi connectivity index (χ3v) is 4.31. The zero-order chi connectivity index (χ0) is 16.2. The summed E-state index contributed by atoms with van der Waals surface area (Å²) in [4.78, 5) is 16.2. The molecule has 2 heterocycles. The van der Waals surface area contributed by atoms with Crippen LogP contribution >= 0.6 is 11.8 Å². The van der Waals surface area contributed by atoms with Crippen molar-refractivity contribution in [3.63, 3.8) is 0 Å². The van der Waals surface area contributed by atoms with Crippen LogP contribution in [0.4, 0.5) is 19.2 Å². The summed E-state index contributed by atoms with van der Waals surface area (Å²) in [5.41, 5.74) is -1.15. The Morgan fingerprint density at radius 1 is 1.50 bits per heavy atom. The van der Waals surface area contributed by atoms with Crippen LogP contribution in [0.15, 0.2) is 10.7 Å². The summed E-state index contributed by atoms with van der Waals surface area (Å²) in [6.07, 6.45) is -0.771. The predicted molar refractivity (Wildman–Crippen MR) is 75.8 cm³/mol. The van der Waals surface area contributed by atoms with Gasteiger partial charge in [-0.2, -0.15) is 18.2 Å². The van der Waals surface area contributed by atoms with Crippen molar-refractivity contribution in [3.8, 4) is 0 Å². The summed E-state index contributed by atoms with van der Waals surface area (Å²) in [6, 6.07) is -0.355. The normalized spacial score (nSPS) is 19.2. The second-order valence-electron chi connectivity index (χ2n) is 4.97. The first-order chi connectivity index (χ1) is 10.4. The van der Waals surface area contributed by atoms with Crippen LogP contribution in [0.2, 0.25) is 0 Å². The predicted octanol–water partition coefficient (Wildman–Crippen LogP) is 2.96. The number of amides is 1. The zero-order valence-corrected chi connectivity index (χ0v) is 12.9. The lowest BCUT2D eigenvalue weighted by molar-refractivity contribution is -0.141. The lowest BCUT2D eigenvalue weighted by Gasteiger charge is -2.22. The maximum atomic E-state index is 12.4. The number of anilines is 1. The summed E-state index contributed by atoms with van der Waals surface area (Å²) in [7, 11) is 1.34. The molecule has 0 saturated carbocycles. The van der Waals surface area contributed by atoms with Crippen molar-refractivity contribution in [2.75, 3.05) is 30.1 Å². The van der Waals surface area contributed by atoms with Crippen molar-refractivity contribution in [3.05, 3.63) is 12.0 Å². The third kappa shape index (κ3) is 4.64. The van der Waals surface area contributed by atoms with Crippen LogP contribution in [0.25, 0.3) is 0 Å². The van der Waals surface area contributed by atoms with Crippen molar-refractivity contribution in [2.24, 2.45) is 0 Å². The number of alkyl halides is 3. The van der Waals surface area contributed by atoms with E-state index in [1.54, 1.807) is 0 Å². The summed E-state index contributed by atoms with van der Waals surface area (Å²) < 4.78 is 47.5. The number of ether oxygens (including phenoxy) is 1. The summed E-state index contributed by atoms with van der Waals surface area (Å²) in [6.45, 7) is 0.746.